The highest BCUT2D eigenvalue weighted by atomic mass is 32.2. The Bertz CT molecular complexity index is 1200. The number of rotatable bonds is 7. The summed E-state index contributed by atoms with van der Waals surface area (Å²) in [6.07, 6.45) is 0. The third kappa shape index (κ3) is 5.86. The first-order valence-corrected chi connectivity index (χ1v) is 11.3. The summed E-state index contributed by atoms with van der Waals surface area (Å²) in [6, 6.07) is 17.3. The van der Waals surface area contributed by atoms with Crippen molar-refractivity contribution in [2.45, 2.75) is 32.6 Å². The van der Waals surface area contributed by atoms with Crippen LogP contribution in [0.25, 0.3) is 0 Å². The van der Waals surface area contributed by atoms with Gasteiger partial charge >= 0.3 is 0 Å². The number of sulfonamides is 1. The first-order valence-electron chi connectivity index (χ1n) is 9.84. The topological polar surface area (TPSA) is 84.5 Å². The highest BCUT2D eigenvalue weighted by Gasteiger charge is 2.16. The predicted molar refractivity (Wildman–Crippen MR) is 123 cm³/mol. The van der Waals surface area contributed by atoms with Gasteiger partial charge in [-0.05, 0) is 86.8 Å². The van der Waals surface area contributed by atoms with Crippen molar-refractivity contribution in [2.24, 2.45) is 0 Å². The fraction of sp³-hybridized carbons (Fsp3) is 0.208. The molecule has 1 amide bonds. The summed E-state index contributed by atoms with van der Waals surface area (Å²) in [5.41, 5.74) is 5.10. The molecule has 3 aromatic carbocycles. The van der Waals surface area contributed by atoms with Gasteiger partial charge in [-0.2, -0.15) is 0 Å². The van der Waals surface area contributed by atoms with Gasteiger partial charge in [-0.1, -0.05) is 23.8 Å². The Morgan fingerprint density at radius 1 is 0.806 bits per heavy atom. The van der Waals surface area contributed by atoms with Gasteiger partial charge in [0.1, 0.15) is 5.75 Å². The molecular formula is C24H26N2O4S. The monoisotopic (exact) mass is 438 g/mol. The number of nitrogens with one attached hydrogen (secondary N) is 2. The second-order valence-electron chi connectivity index (χ2n) is 7.53. The SMILES string of the molecule is Cc1ccc(NS(=O)(=O)c2ccc(OCC(=O)Nc3ccc(C)c(C)c3)c(C)c2)cc1. The van der Waals surface area contributed by atoms with Gasteiger partial charge < -0.3 is 10.1 Å². The van der Waals surface area contributed by atoms with E-state index in [1.54, 1.807) is 25.1 Å². The minimum atomic E-state index is -3.73. The molecule has 0 spiro atoms. The van der Waals surface area contributed by atoms with E-state index in [0.29, 0.717) is 22.7 Å². The lowest BCUT2D eigenvalue weighted by Gasteiger charge is -2.13. The maximum absolute atomic E-state index is 12.7. The van der Waals surface area contributed by atoms with Gasteiger partial charge in [0.15, 0.2) is 6.61 Å². The fourth-order valence-corrected chi connectivity index (χ4v) is 4.09. The van der Waals surface area contributed by atoms with E-state index in [1.807, 2.05) is 51.1 Å². The number of carbonyl (C=O) groups excluding carboxylic acids is 1. The lowest BCUT2D eigenvalue weighted by atomic mass is 10.1. The smallest absolute Gasteiger partial charge is 0.262 e. The van der Waals surface area contributed by atoms with E-state index in [0.717, 1.165) is 16.7 Å². The molecule has 0 aliphatic heterocycles. The molecular weight excluding hydrogens is 412 g/mol. The van der Waals surface area contributed by atoms with E-state index in [2.05, 4.69) is 10.0 Å². The zero-order valence-corrected chi connectivity index (χ0v) is 18.8. The van der Waals surface area contributed by atoms with E-state index in [9.17, 15) is 13.2 Å². The first kappa shape index (κ1) is 22.4. The first-order chi connectivity index (χ1) is 14.6. The molecule has 6 nitrogen and oxygen atoms in total. The Labute approximate surface area is 183 Å². The predicted octanol–water partition coefficient (Wildman–Crippen LogP) is 4.74. The van der Waals surface area contributed by atoms with Crippen LogP contribution in [0.4, 0.5) is 11.4 Å². The zero-order chi connectivity index (χ0) is 22.6. The molecule has 0 aliphatic carbocycles. The second-order valence-corrected chi connectivity index (χ2v) is 9.22. The summed E-state index contributed by atoms with van der Waals surface area (Å²) in [5, 5.41) is 2.80. The number of anilines is 2. The molecule has 31 heavy (non-hydrogen) atoms. The summed E-state index contributed by atoms with van der Waals surface area (Å²) in [4.78, 5) is 12.3. The van der Waals surface area contributed by atoms with Gasteiger partial charge in [-0.25, -0.2) is 8.42 Å². The third-order valence-corrected chi connectivity index (χ3v) is 6.29. The van der Waals surface area contributed by atoms with Crippen molar-refractivity contribution in [1.29, 1.82) is 0 Å². The zero-order valence-electron chi connectivity index (χ0n) is 18.0. The molecule has 0 aliphatic rings. The highest BCUT2D eigenvalue weighted by Crippen LogP contribution is 2.24. The molecule has 0 unspecified atom stereocenters. The molecule has 3 rings (SSSR count). The summed E-state index contributed by atoms with van der Waals surface area (Å²) in [6.45, 7) is 7.48. The largest absolute Gasteiger partial charge is 0.483 e. The van der Waals surface area contributed by atoms with E-state index in [1.165, 1.54) is 12.1 Å². The number of benzene rings is 3. The van der Waals surface area contributed by atoms with Crippen molar-refractivity contribution >= 4 is 27.3 Å². The number of ether oxygens (including phenoxy) is 1. The summed E-state index contributed by atoms with van der Waals surface area (Å²) in [7, 11) is -3.73. The molecule has 0 atom stereocenters. The highest BCUT2D eigenvalue weighted by molar-refractivity contribution is 7.92. The Kier molecular flexibility index (Phi) is 6.65. The molecule has 0 radical (unpaired) electrons. The number of hydrogen-bond acceptors (Lipinski definition) is 4. The average molecular weight is 439 g/mol. The molecule has 0 heterocycles. The van der Waals surface area contributed by atoms with Crippen molar-refractivity contribution in [3.8, 4) is 5.75 Å². The molecule has 162 valence electrons. The van der Waals surface area contributed by atoms with Crippen molar-refractivity contribution in [2.75, 3.05) is 16.6 Å². The van der Waals surface area contributed by atoms with Crippen LogP contribution in [0.2, 0.25) is 0 Å². The van der Waals surface area contributed by atoms with Crippen molar-refractivity contribution < 1.29 is 17.9 Å². The average Bonchev–Trinajstić information content (AvgIpc) is 2.71. The van der Waals surface area contributed by atoms with Crippen LogP contribution in [0.3, 0.4) is 0 Å². The minimum Gasteiger partial charge on any atom is -0.483 e. The van der Waals surface area contributed by atoms with Crippen LogP contribution in [-0.2, 0) is 14.8 Å². The Morgan fingerprint density at radius 3 is 2.13 bits per heavy atom. The van der Waals surface area contributed by atoms with Crippen LogP contribution in [0.15, 0.2) is 65.6 Å². The molecule has 3 aromatic rings. The molecule has 0 saturated carbocycles. The van der Waals surface area contributed by atoms with Crippen LogP contribution in [0.5, 0.6) is 5.75 Å². The van der Waals surface area contributed by atoms with Gasteiger partial charge in [0, 0.05) is 11.4 Å². The molecule has 0 aromatic heterocycles. The van der Waals surface area contributed by atoms with Crippen LogP contribution >= 0.6 is 0 Å². The normalized spacial score (nSPS) is 11.1. The molecule has 7 heteroatoms. The van der Waals surface area contributed by atoms with Gasteiger partial charge in [0.05, 0.1) is 4.90 Å². The van der Waals surface area contributed by atoms with Gasteiger partial charge in [0.2, 0.25) is 0 Å². The Hall–Kier alpha value is -3.32. The lowest BCUT2D eigenvalue weighted by Crippen LogP contribution is -2.20. The Morgan fingerprint density at radius 2 is 1.48 bits per heavy atom. The van der Waals surface area contributed by atoms with Crippen molar-refractivity contribution in [3.05, 3.63) is 82.9 Å². The van der Waals surface area contributed by atoms with Crippen molar-refractivity contribution in [1.82, 2.24) is 0 Å². The number of carbonyl (C=O) groups is 1. The van der Waals surface area contributed by atoms with Crippen LogP contribution in [0, 0.1) is 27.7 Å². The summed E-state index contributed by atoms with van der Waals surface area (Å²) < 4.78 is 33.5. The van der Waals surface area contributed by atoms with E-state index >= 15 is 0 Å². The van der Waals surface area contributed by atoms with E-state index < -0.39 is 10.0 Å². The molecule has 0 saturated heterocycles. The standard InChI is InChI=1S/C24H26N2O4S/c1-16-5-8-20(9-6-16)26-31(28,29)22-11-12-23(19(4)14-22)30-15-24(27)25-21-10-7-17(2)18(3)13-21/h5-14,26H,15H2,1-4H3,(H,25,27). The molecule has 0 fully saturated rings. The maximum Gasteiger partial charge on any atom is 0.262 e. The molecule has 2 N–H and O–H groups in total. The fourth-order valence-electron chi connectivity index (χ4n) is 2.95. The van der Waals surface area contributed by atoms with Gasteiger partial charge in [-0.3, -0.25) is 9.52 Å². The Balaban J connectivity index is 1.64. The number of hydrogen-bond donors (Lipinski definition) is 2. The number of amides is 1. The van der Waals surface area contributed by atoms with Gasteiger partial charge in [-0.15, -0.1) is 0 Å². The molecule has 0 bridgehead atoms. The van der Waals surface area contributed by atoms with Crippen molar-refractivity contribution in [3.63, 3.8) is 0 Å². The van der Waals surface area contributed by atoms with Crippen LogP contribution in [0.1, 0.15) is 22.3 Å². The van der Waals surface area contributed by atoms with Gasteiger partial charge in [0.25, 0.3) is 15.9 Å². The summed E-state index contributed by atoms with van der Waals surface area (Å²) >= 11 is 0. The quantitative estimate of drug-likeness (QED) is 0.558. The van der Waals surface area contributed by atoms with E-state index in [-0.39, 0.29) is 17.4 Å². The van der Waals surface area contributed by atoms with E-state index in [4.69, 9.17) is 4.74 Å². The van der Waals surface area contributed by atoms with Crippen LogP contribution in [-0.4, -0.2) is 20.9 Å². The summed E-state index contributed by atoms with van der Waals surface area (Å²) in [5.74, 6) is 0.157. The second kappa shape index (κ2) is 9.22. The minimum absolute atomic E-state index is 0.123. The lowest BCUT2D eigenvalue weighted by molar-refractivity contribution is -0.118. The number of aryl methyl sites for hydroxylation is 4. The third-order valence-electron chi connectivity index (χ3n) is 4.91. The van der Waals surface area contributed by atoms with Crippen LogP contribution < -0.4 is 14.8 Å². The maximum atomic E-state index is 12.7.